The molecular weight excluding hydrogens is 335 g/mol. The maximum atomic E-state index is 12.8. The molecule has 134 valence electrons. The van der Waals surface area contributed by atoms with E-state index in [4.69, 9.17) is 0 Å². The molecule has 0 aromatic heterocycles. The van der Waals surface area contributed by atoms with Crippen LogP contribution in [0.2, 0.25) is 0 Å². The topological polar surface area (TPSA) is 12.4 Å². The van der Waals surface area contributed by atoms with Gasteiger partial charge in [-0.25, -0.2) is 0 Å². The summed E-state index contributed by atoms with van der Waals surface area (Å²) in [7, 11) is 0. The van der Waals surface area contributed by atoms with Crippen molar-refractivity contribution < 1.29 is 13.2 Å². The second kappa shape index (κ2) is 7.73. The van der Waals surface area contributed by atoms with Crippen molar-refractivity contribution in [3.05, 3.63) is 83.4 Å². The van der Waals surface area contributed by atoms with E-state index in [1.54, 1.807) is 6.07 Å². The number of hydrogen-bond donors (Lipinski definition) is 0. The van der Waals surface area contributed by atoms with Gasteiger partial charge in [-0.2, -0.15) is 13.2 Å². The van der Waals surface area contributed by atoms with Gasteiger partial charge >= 0.3 is 6.18 Å². The smallest absolute Gasteiger partial charge is 0.289 e. The van der Waals surface area contributed by atoms with E-state index in [1.165, 1.54) is 17.5 Å². The van der Waals surface area contributed by atoms with Crippen molar-refractivity contribution in [2.75, 3.05) is 6.54 Å². The van der Waals surface area contributed by atoms with Crippen LogP contribution in [0.25, 0.3) is 10.8 Å². The lowest BCUT2D eigenvalue weighted by Crippen LogP contribution is -2.05. The lowest BCUT2D eigenvalue weighted by molar-refractivity contribution is -0.137. The number of fused-ring (bicyclic) bond motifs is 1. The maximum absolute atomic E-state index is 12.8. The van der Waals surface area contributed by atoms with Gasteiger partial charge in [0, 0.05) is 17.8 Å². The normalized spacial score (nSPS) is 12.5. The highest BCUT2D eigenvalue weighted by Gasteiger charge is 2.30. The Bertz CT molecular complexity index is 921. The molecule has 0 saturated carbocycles. The first-order chi connectivity index (χ1) is 12.4. The summed E-state index contributed by atoms with van der Waals surface area (Å²) < 4.78 is 38.3. The number of benzene rings is 3. The molecule has 0 radical (unpaired) electrons. The summed E-state index contributed by atoms with van der Waals surface area (Å²) in [6.07, 6.45) is -3.00. The van der Waals surface area contributed by atoms with Crippen molar-refractivity contribution in [1.29, 1.82) is 0 Å². The van der Waals surface area contributed by atoms with Gasteiger partial charge < -0.3 is 0 Å². The van der Waals surface area contributed by atoms with Gasteiger partial charge in [0.1, 0.15) is 0 Å². The molecule has 0 saturated heterocycles. The van der Waals surface area contributed by atoms with Gasteiger partial charge in [-0.1, -0.05) is 60.7 Å². The molecule has 0 heterocycles. The number of halogens is 3. The minimum absolute atomic E-state index is 0.580. The Balaban J connectivity index is 1.65. The summed E-state index contributed by atoms with van der Waals surface area (Å²) in [4.78, 5) is 4.63. The molecule has 0 unspecified atom stereocenters. The molecule has 0 aliphatic heterocycles. The summed E-state index contributed by atoms with van der Waals surface area (Å²) in [5.74, 6) is 0. The molecule has 3 rings (SSSR count). The van der Waals surface area contributed by atoms with E-state index in [-0.39, 0.29) is 0 Å². The van der Waals surface area contributed by atoms with Gasteiger partial charge in [0.15, 0.2) is 0 Å². The fourth-order valence-corrected chi connectivity index (χ4v) is 3.06. The van der Waals surface area contributed by atoms with Crippen LogP contribution in [0.3, 0.4) is 0 Å². The van der Waals surface area contributed by atoms with Crippen LogP contribution < -0.4 is 0 Å². The second-order valence-electron chi connectivity index (χ2n) is 6.30. The van der Waals surface area contributed by atoms with Crippen molar-refractivity contribution in [3.63, 3.8) is 0 Å². The van der Waals surface area contributed by atoms with Gasteiger partial charge in [-0.05, 0) is 42.2 Å². The van der Waals surface area contributed by atoms with Crippen LogP contribution in [0.1, 0.15) is 30.0 Å². The predicted molar refractivity (Wildman–Crippen MR) is 101 cm³/mol. The van der Waals surface area contributed by atoms with Gasteiger partial charge in [0.05, 0.1) is 5.56 Å². The largest absolute Gasteiger partial charge is 0.416 e. The predicted octanol–water partition coefficient (Wildman–Crippen LogP) is 6.30. The lowest BCUT2D eigenvalue weighted by Gasteiger charge is -2.09. The minimum atomic E-state index is -4.29. The van der Waals surface area contributed by atoms with E-state index in [0.717, 1.165) is 22.7 Å². The Hall–Kier alpha value is -2.62. The van der Waals surface area contributed by atoms with Gasteiger partial charge in [-0.15, -0.1) is 0 Å². The van der Waals surface area contributed by atoms with Crippen LogP contribution in [0.5, 0.6) is 0 Å². The first kappa shape index (κ1) is 18.2. The highest BCUT2D eigenvalue weighted by Crippen LogP contribution is 2.29. The van der Waals surface area contributed by atoms with Crippen LogP contribution >= 0.6 is 0 Å². The third-order valence-corrected chi connectivity index (χ3v) is 4.41. The molecule has 0 amide bonds. The number of hydrogen-bond acceptors (Lipinski definition) is 1. The molecule has 0 aliphatic carbocycles. The third kappa shape index (κ3) is 4.31. The standard InChI is InChI=1S/C22H20F3N/c1-16(20-13-5-10-18-9-2-3-12-21(18)20)26-14-6-8-17-7-4-11-19(15-17)22(23,24)25/h2-5,7,9-13,15H,6,8,14H2,1H3/b26-16+. The van der Waals surface area contributed by atoms with Crippen LogP contribution in [0.15, 0.2) is 71.7 Å². The van der Waals surface area contributed by atoms with E-state index in [0.29, 0.717) is 24.9 Å². The average molecular weight is 355 g/mol. The van der Waals surface area contributed by atoms with Gasteiger partial charge in [-0.3, -0.25) is 4.99 Å². The number of alkyl halides is 3. The van der Waals surface area contributed by atoms with Crippen molar-refractivity contribution in [3.8, 4) is 0 Å². The highest BCUT2D eigenvalue weighted by molar-refractivity contribution is 6.09. The fraction of sp³-hybridized carbons (Fsp3) is 0.227. The third-order valence-electron chi connectivity index (χ3n) is 4.41. The summed E-state index contributed by atoms with van der Waals surface area (Å²) in [6.45, 7) is 2.57. The zero-order valence-electron chi connectivity index (χ0n) is 14.6. The number of rotatable bonds is 5. The van der Waals surface area contributed by atoms with Crippen LogP contribution in [-0.2, 0) is 12.6 Å². The molecule has 4 heteroatoms. The molecular formula is C22H20F3N. The van der Waals surface area contributed by atoms with Crippen molar-refractivity contribution in [2.45, 2.75) is 25.9 Å². The Morgan fingerprint density at radius 1 is 0.923 bits per heavy atom. The van der Waals surface area contributed by atoms with Gasteiger partial charge in [0.2, 0.25) is 0 Å². The molecule has 0 fully saturated rings. The first-order valence-electron chi connectivity index (χ1n) is 8.60. The van der Waals surface area contributed by atoms with Crippen LogP contribution in [0, 0.1) is 0 Å². The Morgan fingerprint density at radius 2 is 1.65 bits per heavy atom. The first-order valence-corrected chi connectivity index (χ1v) is 8.60. The highest BCUT2D eigenvalue weighted by atomic mass is 19.4. The summed E-state index contributed by atoms with van der Waals surface area (Å²) in [5.41, 5.74) is 2.15. The SMILES string of the molecule is C/C(=N\CCCc1cccc(C(F)(F)F)c1)c1cccc2ccccc12. The minimum Gasteiger partial charge on any atom is -0.289 e. The zero-order valence-corrected chi connectivity index (χ0v) is 14.6. The van der Waals surface area contributed by atoms with Crippen LogP contribution in [0.4, 0.5) is 13.2 Å². The van der Waals surface area contributed by atoms with E-state index in [1.807, 2.05) is 31.2 Å². The van der Waals surface area contributed by atoms with E-state index in [2.05, 4.69) is 23.2 Å². The number of aryl methyl sites for hydroxylation is 1. The van der Waals surface area contributed by atoms with Crippen molar-refractivity contribution >= 4 is 16.5 Å². The summed E-state index contributed by atoms with van der Waals surface area (Å²) >= 11 is 0. The Labute approximate surface area is 151 Å². The molecule has 1 nitrogen and oxygen atoms in total. The molecule has 26 heavy (non-hydrogen) atoms. The molecule has 0 atom stereocenters. The lowest BCUT2D eigenvalue weighted by atomic mass is 10.0. The average Bonchev–Trinajstić information content (AvgIpc) is 2.64. The molecule has 3 aromatic carbocycles. The number of aliphatic imine (C=N–C) groups is 1. The van der Waals surface area contributed by atoms with Gasteiger partial charge in [0.25, 0.3) is 0 Å². The Morgan fingerprint density at radius 3 is 2.46 bits per heavy atom. The van der Waals surface area contributed by atoms with E-state index < -0.39 is 11.7 Å². The molecule has 0 N–H and O–H groups in total. The maximum Gasteiger partial charge on any atom is 0.416 e. The molecule has 3 aromatic rings. The second-order valence-corrected chi connectivity index (χ2v) is 6.30. The van der Waals surface area contributed by atoms with Crippen molar-refractivity contribution in [2.24, 2.45) is 4.99 Å². The van der Waals surface area contributed by atoms with Crippen molar-refractivity contribution in [1.82, 2.24) is 0 Å². The fourth-order valence-electron chi connectivity index (χ4n) is 3.06. The van der Waals surface area contributed by atoms with E-state index in [9.17, 15) is 13.2 Å². The quantitative estimate of drug-likeness (QED) is 0.376. The van der Waals surface area contributed by atoms with E-state index >= 15 is 0 Å². The molecule has 0 spiro atoms. The number of nitrogens with zero attached hydrogens (tertiary/aromatic N) is 1. The monoisotopic (exact) mass is 355 g/mol. The summed E-state index contributed by atoms with van der Waals surface area (Å²) in [6, 6.07) is 19.8. The Kier molecular flexibility index (Phi) is 5.40. The molecule has 0 bridgehead atoms. The molecule has 0 aliphatic rings. The zero-order chi connectivity index (χ0) is 18.6. The van der Waals surface area contributed by atoms with Crippen LogP contribution in [-0.4, -0.2) is 12.3 Å². The summed E-state index contributed by atoms with van der Waals surface area (Å²) in [5, 5.41) is 2.33.